The van der Waals surface area contributed by atoms with E-state index in [2.05, 4.69) is 28.6 Å². The van der Waals surface area contributed by atoms with E-state index in [9.17, 15) is 14.3 Å². The molecule has 0 spiro atoms. The molecule has 4 aromatic rings. The standard InChI is InChI=1S/C27H30FN3O5/c1-26(2,14-34-4)24-23(16-11-27(3,25(32)33)36-13-16)18-10-20-15(12-29-30-20)8-21(18)31(24)17-6-7-19(28)22(9-17)35-5/h6-10,12,16H,11,13-14H2,1-5H3,(H,29,30)(H,32,33)/t16-,27+/m0/s1. The summed E-state index contributed by atoms with van der Waals surface area (Å²) in [4.78, 5) is 12.0. The number of methoxy groups -OCH3 is 2. The van der Waals surface area contributed by atoms with Gasteiger partial charge in [0.2, 0.25) is 0 Å². The highest BCUT2D eigenvalue weighted by molar-refractivity contribution is 5.99. The number of aromatic nitrogens is 3. The summed E-state index contributed by atoms with van der Waals surface area (Å²) >= 11 is 0. The van der Waals surface area contributed by atoms with E-state index in [0.717, 1.165) is 38.8 Å². The summed E-state index contributed by atoms with van der Waals surface area (Å²) in [5.74, 6) is -1.47. The number of fused-ring (bicyclic) bond motifs is 2. The van der Waals surface area contributed by atoms with Gasteiger partial charge in [0.15, 0.2) is 17.2 Å². The van der Waals surface area contributed by atoms with Gasteiger partial charge in [-0.1, -0.05) is 13.8 Å². The minimum absolute atomic E-state index is 0.137. The van der Waals surface area contributed by atoms with E-state index in [4.69, 9.17) is 14.2 Å². The van der Waals surface area contributed by atoms with Gasteiger partial charge in [0.25, 0.3) is 0 Å². The molecule has 3 heterocycles. The largest absolute Gasteiger partial charge is 0.494 e. The zero-order valence-electron chi connectivity index (χ0n) is 21.0. The van der Waals surface area contributed by atoms with E-state index >= 15 is 0 Å². The molecule has 0 aliphatic carbocycles. The lowest BCUT2D eigenvalue weighted by Gasteiger charge is -2.29. The van der Waals surface area contributed by atoms with E-state index in [1.54, 1.807) is 32.4 Å². The third-order valence-electron chi connectivity index (χ3n) is 7.21. The number of rotatable bonds is 7. The predicted molar refractivity (Wildman–Crippen MR) is 134 cm³/mol. The molecular formula is C27H30FN3O5. The number of H-pyrrole nitrogens is 1. The molecule has 0 bridgehead atoms. The second-order valence-corrected chi connectivity index (χ2v) is 10.3. The Kier molecular flexibility index (Phi) is 5.80. The molecule has 1 aliphatic rings. The van der Waals surface area contributed by atoms with Crippen molar-refractivity contribution in [2.75, 3.05) is 27.4 Å². The number of carbonyl (C=O) groups is 1. The molecule has 2 aromatic carbocycles. The lowest BCUT2D eigenvalue weighted by Crippen LogP contribution is -2.34. The van der Waals surface area contributed by atoms with E-state index in [1.165, 1.54) is 13.2 Å². The predicted octanol–water partition coefficient (Wildman–Crippen LogP) is 4.93. The number of ether oxygens (including phenoxy) is 3. The maximum absolute atomic E-state index is 14.4. The minimum Gasteiger partial charge on any atom is -0.494 e. The van der Waals surface area contributed by atoms with Gasteiger partial charge in [-0.25, -0.2) is 9.18 Å². The van der Waals surface area contributed by atoms with Crippen LogP contribution in [-0.4, -0.2) is 58.9 Å². The number of carboxylic acid groups (broad SMARTS) is 1. The number of aliphatic carboxylic acids is 1. The van der Waals surface area contributed by atoms with Crippen molar-refractivity contribution in [3.8, 4) is 11.4 Å². The fourth-order valence-corrected chi connectivity index (χ4v) is 5.52. The van der Waals surface area contributed by atoms with Gasteiger partial charge in [0.1, 0.15) is 0 Å². The van der Waals surface area contributed by atoms with Crippen LogP contribution in [0.25, 0.3) is 27.5 Å². The van der Waals surface area contributed by atoms with Crippen LogP contribution in [0.4, 0.5) is 4.39 Å². The Bertz CT molecular complexity index is 1470. The normalized spacial score (nSPS) is 20.4. The van der Waals surface area contributed by atoms with Crippen LogP contribution in [0.5, 0.6) is 5.75 Å². The average molecular weight is 496 g/mol. The van der Waals surface area contributed by atoms with E-state index in [0.29, 0.717) is 13.0 Å². The van der Waals surface area contributed by atoms with Crippen LogP contribution < -0.4 is 4.74 Å². The van der Waals surface area contributed by atoms with Crippen molar-refractivity contribution in [3.05, 3.63) is 53.6 Å². The Morgan fingerprint density at radius 1 is 1.33 bits per heavy atom. The second kappa shape index (κ2) is 8.60. The van der Waals surface area contributed by atoms with Crippen LogP contribution in [0, 0.1) is 5.82 Å². The summed E-state index contributed by atoms with van der Waals surface area (Å²) in [6, 6.07) is 8.89. The lowest BCUT2D eigenvalue weighted by molar-refractivity contribution is -0.157. The summed E-state index contributed by atoms with van der Waals surface area (Å²) in [6.07, 6.45) is 2.09. The molecular weight excluding hydrogens is 465 g/mol. The molecule has 2 N–H and O–H groups in total. The first-order valence-electron chi connectivity index (χ1n) is 11.8. The Balaban J connectivity index is 1.88. The topological polar surface area (TPSA) is 98.6 Å². The number of halogens is 1. The van der Waals surface area contributed by atoms with Crippen molar-refractivity contribution >= 4 is 27.8 Å². The lowest BCUT2D eigenvalue weighted by atomic mass is 9.81. The van der Waals surface area contributed by atoms with E-state index in [-0.39, 0.29) is 18.3 Å². The summed E-state index contributed by atoms with van der Waals surface area (Å²) < 4.78 is 33.3. The quantitative estimate of drug-likeness (QED) is 0.377. The van der Waals surface area contributed by atoms with Gasteiger partial charge in [0, 0.05) is 46.7 Å². The third-order valence-corrected chi connectivity index (χ3v) is 7.21. The van der Waals surface area contributed by atoms with Crippen LogP contribution in [0.3, 0.4) is 0 Å². The molecule has 1 saturated heterocycles. The van der Waals surface area contributed by atoms with Crippen molar-refractivity contribution in [2.24, 2.45) is 0 Å². The van der Waals surface area contributed by atoms with Gasteiger partial charge in [-0.15, -0.1) is 0 Å². The molecule has 0 saturated carbocycles. The van der Waals surface area contributed by atoms with E-state index in [1.807, 2.05) is 12.1 Å². The summed E-state index contributed by atoms with van der Waals surface area (Å²) in [6.45, 7) is 6.48. The van der Waals surface area contributed by atoms with Gasteiger partial charge in [-0.3, -0.25) is 5.10 Å². The monoisotopic (exact) mass is 495 g/mol. The Hall–Kier alpha value is -3.43. The van der Waals surface area contributed by atoms with E-state index < -0.39 is 22.8 Å². The molecule has 190 valence electrons. The van der Waals surface area contributed by atoms with Crippen molar-refractivity contribution in [3.63, 3.8) is 0 Å². The minimum atomic E-state index is -1.28. The Morgan fingerprint density at radius 2 is 2.11 bits per heavy atom. The molecule has 8 nitrogen and oxygen atoms in total. The van der Waals surface area contributed by atoms with Crippen molar-refractivity contribution in [2.45, 2.75) is 44.1 Å². The molecule has 36 heavy (non-hydrogen) atoms. The van der Waals surface area contributed by atoms with Crippen LogP contribution in [0.15, 0.2) is 36.5 Å². The summed E-state index contributed by atoms with van der Waals surface area (Å²) in [7, 11) is 3.10. The number of nitrogens with zero attached hydrogens (tertiary/aromatic N) is 2. The highest BCUT2D eigenvalue weighted by Gasteiger charge is 2.46. The number of benzene rings is 2. The molecule has 0 amide bonds. The van der Waals surface area contributed by atoms with Gasteiger partial charge < -0.3 is 23.9 Å². The molecule has 5 rings (SSSR count). The first-order valence-corrected chi connectivity index (χ1v) is 11.8. The van der Waals surface area contributed by atoms with Crippen LogP contribution in [0.1, 0.15) is 44.4 Å². The summed E-state index contributed by atoms with van der Waals surface area (Å²) in [5, 5.41) is 19.0. The van der Waals surface area contributed by atoms with Gasteiger partial charge in [-0.2, -0.15) is 5.10 Å². The molecule has 0 radical (unpaired) electrons. The number of aromatic amines is 1. The first-order chi connectivity index (χ1) is 17.1. The molecule has 2 atom stereocenters. The Labute approximate surface area is 208 Å². The number of hydrogen-bond donors (Lipinski definition) is 2. The van der Waals surface area contributed by atoms with Crippen molar-refractivity contribution < 1.29 is 28.5 Å². The van der Waals surface area contributed by atoms with Crippen LogP contribution in [-0.2, 0) is 19.7 Å². The zero-order chi connectivity index (χ0) is 25.8. The fourth-order valence-electron chi connectivity index (χ4n) is 5.52. The molecule has 1 aliphatic heterocycles. The number of carboxylic acids is 1. The van der Waals surface area contributed by atoms with Crippen LogP contribution in [0.2, 0.25) is 0 Å². The maximum Gasteiger partial charge on any atom is 0.335 e. The smallest absolute Gasteiger partial charge is 0.335 e. The number of nitrogens with one attached hydrogen (secondary N) is 1. The molecule has 1 fully saturated rings. The first kappa shape index (κ1) is 24.3. The third kappa shape index (κ3) is 3.74. The van der Waals surface area contributed by atoms with Crippen molar-refractivity contribution in [1.29, 1.82) is 0 Å². The highest BCUT2D eigenvalue weighted by Crippen LogP contribution is 2.47. The highest BCUT2D eigenvalue weighted by atomic mass is 19.1. The maximum atomic E-state index is 14.4. The summed E-state index contributed by atoms with van der Waals surface area (Å²) in [5.41, 5.74) is 2.68. The second-order valence-electron chi connectivity index (χ2n) is 10.3. The van der Waals surface area contributed by atoms with Gasteiger partial charge in [-0.05, 0) is 43.2 Å². The zero-order valence-corrected chi connectivity index (χ0v) is 21.0. The molecule has 2 aromatic heterocycles. The average Bonchev–Trinajstić information content (AvgIpc) is 3.53. The number of hydrogen-bond acceptors (Lipinski definition) is 5. The fraction of sp³-hybridized carbons (Fsp3) is 0.407. The SMILES string of the molecule is COCC(C)(C)c1c([C@@H]2CO[C@@](C)(C(=O)O)C2)c2cc3[nH]ncc3cc2n1-c1ccc(F)c(OC)c1. The Morgan fingerprint density at radius 3 is 2.78 bits per heavy atom. The van der Waals surface area contributed by atoms with Crippen LogP contribution >= 0.6 is 0 Å². The van der Waals surface area contributed by atoms with Crippen molar-refractivity contribution in [1.82, 2.24) is 14.8 Å². The molecule has 9 heteroatoms. The van der Waals surface area contributed by atoms with Gasteiger partial charge in [0.05, 0.1) is 37.6 Å². The molecule has 0 unspecified atom stereocenters. The van der Waals surface area contributed by atoms with Gasteiger partial charge >= 0.3 is 5.97 Å².